The summed E-state index contributed by atoms with van der Waals surface area (Å²) in [7, 11) is 0. The Balaban J connectivity index is 2.19. The number of benzene rings is 1. The minimum Gasteiger partial charge on any atom is -0.324 e. The van der Waals surface area contributed by atoms with E-state index < -0.39 is 11.6 Å². The molecule has 2 aromatic rings. The summed E-state index contributed by atoms with van der Waals surface area (Å²) in [6.45, 7) is 4.28. The van der Waals surface area contributed by atoms with Gasteiger partial charge in [-0.3, -0.25) is 0 Å². The van der Waals surface area contributed by atoms with Gasteiger partial charge in [0.15, 0.2) is 16.8 Å². The molecule has 0 unspecified atom stereocenters. The summed E-state index contributed by atoms with van der Waals surface area (Å²) in [5, 5.41) is 8.72. The predicted molar refractivity (Wildman–Crippen MR) is 74.2 cm³/mol. The summed E-state index contributed by atoms with van der Waals surface area (Å²) < 4.78 is 28.6. The molecular weight excluding hydrogens is 282 g/mol. The number of nitrogens with two attached hydrogens (primary N) is 1. The van der Waals surface area contributed by atoms with Gasteiger partial charge in [0.05, 0.1) is 6.54 Å². The van der Waals surface area contributed by atoms with Gasteiger partial charge in [0.2, 0.25) is 0 Å². The number of hydrogen-bond donors (Lipinski definition) is 1. The van der Waals surface area contributed by atoms with Crippen molar-refractivity contribution in [1.82, 2.24) is 14.8 Å². The van der Waals surface area contributed by atoms with Crippen LogP contribution in [-0.4, -0.2) is 14.8 Å². The highest BCUT2D eigenvalue weighted by Crippen LogP contribution is 2.26. The fourth-order valence-electron chi connectivity index (χ4n) is 1.87. The molecule has 1 aromatic heterocycles. The molecule has 0 aliphatic carbocycles. The maximum Gasteiger partial charge on any atom is 0.191 e. The molecule has 0 amide bonds. The Morgan fingerprint density at radius 3 is 2.70 bits per heavy atom. The van der Waals surface area contributed by atoms with Gasteiger partial charge in [-0.05, 0) is 19.9 Å². The quantitative estimate of drug-likeness (QED) is 0.862. The molecule has 4 nitrogen and oxygen atoms in total. The highest BCUT2D eigenvalue weighted by molar-refractivity contribution is 7.98. The fraction of sp³-hybridized carbons (Fsp3) is 0.385. The van der Waals surface area contributed by atoms with Gasteiger partial charge in [0.1, 0.15) is 5.82 Å². The molecule has 0 aliphatic rings. The third-order valence-corrected chi connectivity index (χ3v) is 3.81. The molecule has 0 radical (unpaired) electrons. The van der Waals surface area contributed by atoms with E-state index in [-0.39, 0.29) is 6.04 Å². The first kappa shape index (κ1) is 14.9. The van der Waals surface area contributed by atoms with Crippen molar-refractivity contribution in [3.05, 3.63) is 41.2 Å². The molecule has 0 saturated heterocycles. The average molecular weight is 298 g/mol. The lowest BCUT2D eigenvalue weighted by Crippen LogP contribution is -2.11. The first-order valence-electron chi connectivity index (χ1n) is 6.24. The molecule has 0 atom stereocenters. The lowest BCUT2D eigenvalue weighted by molar-refractivity contribution is 0.502. The van der Waals surface area contributed by atoms with Crippen LogP contribution in [0.2, 0.25) is 0 Å². The first-order chi connectivity index (χ1) is 9.54. The lowest BCUT2D eigenvalue weighted by atomic mass is 10.2. The maximum atomic E-state index is 13.6. The van der Waals surface area contributed by atoms with E-state index in [9.17, 15) is 8.78 Å². The Morgan fingerprint density at radius 2 is 2.05 bits per heavy atom. The molecule has 0 bridgehead atoms. The van der Waals surface area contributed by atoms with Gasteiger partial charge >= 0.3 is 0 Å². The van der Waals surface area contributed by atoms with E-state index in [4.69, 9.17) is 5.73 Å². The Bertz CT molecular complexity index is 598. The van der Waals surface area contributed by atoms with Gasteiger partial charge in [0, 0.05) is 17.4 Å². The Hall–Kier alpha value is -1.47. The number of thioether (sulfide) groups is 1. The molecule has 1 aromatic carbocycles. The molecule has 2 N–H and O–H groups in total. The fourth-order valence-corrected chi connectivity index (χ4v) is 2.93. The van der Waals surface area contributed by atoms with Crippen LogP contribution in [0.4, 0.5) is 8.78 Å². The topological polar surface area (TPSA) is 56.7 Å². The van der Waals surface area contributed by atoms with Crippen molar-refractivity contribution in [3.63, 3.8) is 0 Å². The van der Waals surface area contributed by atoms with Crippen molar-refractivity contribution in [2.75, 3.05) is 0 Å². The second-order valence-electron chi connectivity index (χ2n) is 4.57. The molecule has 0 fully saturated rings. The second kappa shape index (κ2) is 6.32. The van der Waals surface area contributed by atoms with Gasteiger partial charge in [0.25, 0.3) is 0 Å². The average Bonchev–Trinajstić information content (AvgIpc) is 2.83. The SMILES string of the molecule is CC(C)n1c(CN)nnc1SCc1cccc(F)c1F. The first-order valence-corrected chi connectivity index (χ1v) is 7.22. The smallest absolute Gasteiger partial charge is 0.191 e. The van der Waals surface area contributed by atoms with Crippen molar-refractivity contribution in [3.8, 4) is 0 Å². The molecule has 2 rings (SSSR count). The van der Waals surface area contributed by atoms with Crippen LogP contribution in [0, 0.1) is 11.6 Å². The van der Waals surface area contributed by atoms with Crippen LogP contribution in [0.1, 0.15) is 31.3 Å². The molecule has 20 heavy (non-hydrogen) atoms. The molecule has 0 saturated carbocycles. The maximum absolute atomic E-state index is 13.6. The van der Waals surface area contributed by atoms with Crippen LogP contribution in [0.5, 0.6) is 0 Å². The summed E-state index contributed by atoms with van der Waals surface area (Å²) in [6, 6.07) is 4.31. The van der Waals surface area contributed by atoms with Crippen LogP contribution < -0.4 is 5.73 Å². The molecular formula is C13H16F2N4S. The summed E-state index contributed by atoms with van der Waals surface area (Å²) in [6.07, 6.45) is 0. The van der Waals surface area contributed by atoms with Crippen molar-refractivity contribution in [1.29, 1.82) is 0 Å². The van der Waals surface area contributed by atoms with Crippen molar-refractivity contribution in [2.24, 2.45) is 5.73 Å². The molecule has 1 heterocycles. The zero-order chi connectivity index (χ0) is 14.7. The number of nitrogens with zero attached hydrogens (tertiary/aromatic N) is 3. The standard InChI is InChI=1S/C13H16F2N4S/c1-8(2)19-11(6-16)17-18-13(19)20-7-9-4-3-5-10(14)12(9)15/h3-5,8H,6-7,16H2,1-2H3. The van der Waals surface area contributed by atoms with E-state index in [2.05, 4.69) is 10.2 Å². The van der Waals surface area contributed by atoms with Crippen LogP contribution in [0.15, 0.2) is 23.4 Å². The molecule has 0 spiro atoms. The highest BCUT2D eigenvalue weighted by Gasteiger charge is 2.15. The Kier molecular flexibility index (Phi) is 4.72. The summed E-state index contributed by atoms with van der Waals surface area (Å²) in [5.41, 5.74) is 5.92. The number of rotatable bonds is 5. The van der Waals surface area contributed by atoms with Crippen LogP contribution in [0.3, 0.4) is 0 Å². The van der Waals surface area contributed by atoms with Crippen molar-refractivity contribution < 1.29 is 8.78 Å². The third-order valence-electron chi connectivity index (χ3n) is 2.82. The minimum absolute atomic E-state index is 0.156. The Morgan fingerprint density at radius 1 is 1.30 bits per heavy atom. The molecule has 108 valence electrons. The van der Waals surface area contributed by atoms with Crippen LogP contribution in [0.25, 0.3) is 0 Å². The predicted octanol–water partition coefficient (Wildman–Crippen LogP) is 2.89. The summed E-state index contributed by atoms with van der Waals surface area (Å²) in [4.78, 5) is 0. The van der Waals surface area contributed by atoms with E-state index in [1.54, 1.807) is 6.07 Å². The van der Waals surface area contributed by atoms with E-state index in [0.717, 1.165) is 6.07 Å². The molecule has 7 heteroatoms. The monoisotopic (exact) mass is 298 g/mol. The van der Waals surface area contributed by atoms with E-state index in [0.29, 0.717) is 28.8 Å². The number of aromatic nitrogens is 3. The largest absolute Gasteiger partial charge is 0.324 e. The molecule has 0 aliphatic heterocycles. The zero-order valence-electron chi connectivity index (χ0n) is 11.3. The minimum atomic E-state index is -0.837. The summed E-state index contributed by atoms with van der Waals surface area (Å²) >= 11 is 1.31. The Labute approximate surface area is 120 Å². The van der Waals surface area contributed by atoms with E-state index in [1.165, 1.54) is 17.8 Å². The van der Waals surface area contributed by atoms with E-state index in [1.807, 2.05) is 18.4 Å². The summed E-state index contributed by atoms with van der Waals surface area (Å²) in [5.74, 6) is -0.674. The number of hydrogen-bond acceptors (Lipinski definition) is 4. The van der Waals surface area contributed by atoms with Gasteiger partial charge in [-0.1, -0.05) is 23.9 Å². The van der Waals surface area contributed by atoms with Crippen LogP contribution >= 0.6 is 11.8 Å². The van der Waals surface area contributed by atoms with Gasteiger partial charge < -0.3 is 10.3 Å². The third kappa shape index (κ3) is 2.99. The lowest BCUT2D eigenvalue weighted by Gasteiger charge is -2.12. The van der Waals surface area contributed by atoms with Crippen LogP contribution in [-0.2, 0) is 12.3 Å². The van der Waals surface area contributed by atoms with Gasteiger partial charge in [-0.2, -0.15) is 0 Å². The highest BCUT2D eigenvalue weighted by atomic mass is 32.2. The van der Waals surface area contributed by atoms with Crippen molar-refractivity contribution >= 4 is 11.8 Å². The van der Waals surface area contributed by atoms with Gasteiger partial charge in [-0.25, -0.2) is 8.78 Å². The normalized spacial score (nSPS) is 11.3. The second-order valence-corrected chi connectivity index (χ2v) is 5.51. The zero-order valence-corrected chi connectivity index (χ0v) is 12.1. The van der Waals surface area contributed by atoms with Gasteiger partial charge in [-0.15, -0.1) is 10.2 Å². The van der Waals surface area contributed by atoms with E-state index >= 15 is 0 Å². The van der Waals surface area contributed by atoms with Crippen molar-refractivity contribution in [2.45, 2.75) is 37.3 Å². The number of halogens is 2.